The number of carbonyl (C=O) groups excluding carboxylic acids is 2. The van der Waals surface area contributed by atoms with Crippen molar-refractivity contribution in [1.29, 1.82) is 0 Å². The lowest BCUT2D eigenvalue weighted by Crippen LogP contribution is -2.46. The van der Waals surface area contributed by atoms with Crippen LogP contribution in [0.4, 0.5) is 0 Å². The molecule has 0 bridgehead atoms. The molecule has 2 saturated heterocycles. The van der Waals surface area contributed by atoms with E-state index in [1.165, 1.54) is 16.2 Å². The fourth-order valence-corrected chi connectivity index (χ4v) is 7.51. The zero-order valence-electron chi connectivity index (χ0n) is 21.7. The Labute approximate surface area is 225 Å². The second-order valence-corrected chi connectivity index (χ2v) is 13.6. The van der Waals surface area contributed by atoms with Gasteiger partial charge in [0.15, 0.2) is 0 Å². The molecule has 1 saturated carbocycles. The number of amides is 2. The van der Waals surface area contributed by atoms with E-state index in [0.717, 1.165) is 57.2 Å². The standard InChI is InChI=1S/C28H31ClN4O3S/c1-14-6-15(29)7-18(23(14)36-16-9-27(2,3)12-30-10-16)22-24-19(31-13-32-22)8-17(37-24)11-33-25(34)20-21(26(33)35)28(20,4)5/h6-8,13,16,20-21,30H,9-12H2,1-5H3/t16-,20?,21?/m0/s1. The first kappa shape index (κ1) is 24.8. The third kappa shape index (κ3) is 4.14. The second kappa shape index (κ2) is 8.48. The average Bonchev–Trinajstić information content (AvgIpc) is 3.07. The quantitative estimate of drug-likeness (QED) is 0.448. The Bertz CT molecular complexity index is 1420. The van der Waals surface area contributed by atoms with Crippen LogP contribution in [0.1, 0.15) is 44.6 Å². The molecule has 2 aromatic heterocycles. The van der Waals surface area contributed by atoms with Crippen LogP contribution in [0.5, 0.6) is 5.75 Å². The molecule has 37 heavy (non-hydrogen) atoms. The van der Waals surface area contributed by atoms with Crippen molar-refractivity contribution < 1.29 is 14.3 Å². The summed E-state index contributed by atoms with van der Waals surface area (Å²) >= 11 is 8.02. The number of rotatable bonds is 5. The lowest BCUT2D eigenvalue weighted by Gasteiger charge is -2.36. The summed E-state index contributed by atoms with van der Waals surface area (Å²) in [5.74, 6) is 0.287. The molecule has 9 heteroatoms. The van der Waals surface area contributed by atoms with Crippen LogP contribution in [0, 0.1) is 29.6 Å². The van der Waals surface area contributed by atoms with E-state index in [4.69, 9.17) is 16.3 Å². The molecule has 3 atom stereocenters. The molecule has 3 fully saturated rings. The van der Waals surface area contributed by atoms with Crippen LogP contribution in [-0.2, 0) is 16.1 Å². The highest BCUT2D eigenvalue weighted by atomic mass is 35.5. The van der Waals surface area contributed by atoms with Gasteiger partial charge >= 0.3 is 0 Å². The minimum Gasteiger partial charge on any atom is -0.488 e. The predicted octanol–water partition coefficient (Wildman–Crippen LogP) is 5.23. The monoisotopic (exact) mass is 538 g/mol. The summed E-state index contributed by atoms with van der Waals surface area (Å²) in [6.45, 7) is 12.5. The van der Waals surface area contributed by atoms with Gasteiger partial charge in [0.1, 0.15) is 18.2 Å². The Kier molecular flexibility index (Phi) is 5.68. The van der Waals surface area contributed by atoms with Gasteiger partial charge in [-0.2, -0.15) is 0 Å². The van der Waals surface area contributed by atoms with Crippen LogP contribution in [0.25, 0.3) is 21.5 Å². The lowest BCUT2D eigenvalue weighted by atomic mass is 9.84. The van der Waals surface area contributed by atoms with Gasteiger partial charge in [0.2, 0.25) is 11.8 Å². The van der Waals surface area contributed by atoms with Crippen LogP contribution in [0.15, 0.2) is 24.5 Å². The topological polar surface area (TPSA) is 84.4 Å². The van der Waals surface area contributed by atoms with Gasteiger partial charge in [0, 0.05) is 28.6 Å². The Balaban J connectivity index is 1.34. The fraction of sp³-hybridized carbons (Fsp3) is 0.500. The Morgan fingerprint density at radius 3 is 2.57 bits per heavy atom. The molecule has 1 aromatic carbocycles. The Hall–Kier alpha value is -2.55. The summed E-state index contributed by atoms with van der Waals surface area (Å²) in [4.78, 5) is 37.2. The number of fused-ring (bicyclic) bond motifs is 2. The number of nitrogens with zero attached hydrogens (tertiary/aromatic N) is 3. The Morgan fingerprint density at radius 2 is 1.86 bits per heavy atom. The van der Waals surface area contributed by atoms with Gasteiger partial charge in [-0.3, -0.25) is 14.5 Å². The molecule has 194 valence electrons. The molecule has 1 N–H and O–H groups in total. The number of aromatic nitrogens is 2. The molecule has 6 rings (SSSR count). The maximum Gasteiger partial charge on any atom is 0.234 e. The van der Waals surface area contributed by atoms with Gasteiger partial charge in [-0.15, -0.1) is 11.3 Å². The predicted molar refractivity (Wildman–Crippen MR) is 145 cm³/mol. The van der Waals surface area contributed by atoms with Crippen molar-refractivity contribution in [2.24, 2.45) is 22.7 Å². The third-order valence-corrected chi connectivity index (χ3v) is 9.44. The normalized spacial score (nSPS) is 26.0. The number of hydrogen-bond acceptors (Lipinski definition) is 7. The van der Waals surface area contributed by atoms with Crippen molar-refractivity contribution in [3.05, 3.63) is 40.0 Å². The van der Waals surface area contributed by atoms with E-state index < -0.39 is 0 Å². The minimum atomic E-state index is -0.215. The third-order valence-electron chi connectivity index (χ3n) is 8.10. The van der Waals surface area contributed by atoms with Crippen molar-refractivity contribution in [3.8, 4) is 17.0 Å². The van der Waals surface area contributed by atoms with Crippen LogP contribution in [0.3, 0.4) is 0 Å². The first-order valence-electron chi connectivity index (χ1n) is 12.7. The number of imide groups is 1. The number of piperidine rings is 2. The van der Waals surface area contributed by atoms with E-state index in [-0.39, 0.29) is 47.1 Å². The second-order valence-electron chi connectivity index (χ2n) is 12.0. The summed E-state index contributed by atoms with van der Waals surface area (Å²) in [6, 6.07) is 5.76. The largest absolute Gasteiger partial charge is 0.488 e. The van der Waals surface area contributed by atoms with Crippen LogP contribution >= 0.6 is 22.9 Å². The van der Waals surface area contributed by atoms with E-state index >= 15 is 0 Å². The molecule has 2 aliphatic heterocycles. The highest BCUT2D eigenvalue weighted by Crippen LogP contribution is 2.63. The molecule has 1 aliphatic carbocycles. The number of likely N-dealkylation sites (tertiary alicyclic amines) is 1. The molecule has 2 unspecified atom stereocenters. The number of hydrogen-bond donors (Lipinski definition) is 1. The molecule has 0 radical (unpaired) electrons. The van der Waals surface area contributed by atoms with Crippen LogP contribution in [0.2, 0.25) is 5.02 Å². The summed E-state index contributed by atoms with van der Waals surface area (Å²) in [5.41, 5.74) is 3.23. The number of aryl methyl sites for hydroxylation is 1. The van der Waals surface area contributed by atoms with Crippen LogP contribution < -0.4 is 10.1 Å². The number of thiophene rings is 1. The smallest absolute Gasteiger partial charge is 0.234 e. The van der Waals surface area contributed by atoms with E-state index in [1.54, 1.807) is 6.33 Å². The molecule has 0 spiro atoms. The highest BCUT2D eigenvalue weighted by Gasteiger charge is 2.72. The summed E-state index contributed by atoms with van der Waals surface area (Å²) < 4.78 is 7.50. The van der Waals surface area contributed by atoms with Crippen LogP contribution in [-0.4, -0.2) is 45.9 Å². The molecular weight excluding hydrogens is 508 g/mol. The first-order chi connectivity index (χ1) is 17.5. The van der Waals surface area contributed by atoms with Crippen molar-refractivity contribution in [1.82, 2.24) is 20.2 Å². The van der Waals surface area contributed by atoms with Gasteiger partial charge in [0.05, 0.1) is 34.3 Å². The zero-order chi connectivity index (χ0) is 26.3. The van der Waals surface area contributed by atoms with Gasteiger partial charge in [-0.05, 0) is 47.9 Å². The number of nitrogens with one attached hydrogen (secondary N) is 1. The number of benzene rings is 1. The van der Waals surface area contributed by atoms with Gasteiger partial charge in [-0.1, -0.05) is 39.3 Å². The van der Waals surface area contributed by atoms with E-state index in [2.05, 4.69) is 29.1 Å². The van der Waals surface area contributed by atoms with Crippen molar-refractivity contribution >= 4 is 45.0 Å². The number of carbonyl (C=O) groups is 2. The minimum absolute atomic E-state index is 0.0291. The van der Waals surface area contributed by atoms with Gasteiger partial charge in [-0.25, -0.2) is 9.97 Å². The SMILES string of the molecule is Cc1cc(Cl)cc(-c2ncnc3cc(CN4C(=O)C5C(C4=O)C5(C)C)sc23)c1O[C@@H]1CNCC(C)(C)C1. The maximum atomic E-state index is 12.9. The van der Waals surface area contributed by atoms with Gasteiger partial charge in [0.25, 0.3) is 0 Å². The number of halogens is 1. The van der Waals surface area contributed by atoms with E-state index in [0.29, 0.717) is 5.02 Å². The number of ether oxygens (including phenoxy) is 1. The van der Waals surface area contributed by atoms with Gasteiger partial charge < -0.3 is 10.1 Å². The highest BCUT2D eigenvalue weighted by molar-refractivity contribution is 7.19. The summed E-state index contributed by atoms with van der Waals surface area (Å²) in [7, 11) is 0. The molecule has 7 nitrogen and oxygen atoms in total. The Morgan fingerprint density at radius 1 is 1.14 bits per heavy atom. The zero-order valence-corrected chi connectivity index (χ0v) is 23.3. The van der Waals surface area contributed by atoms with Crippen molar-refractivity contribution in [2.45, 2.75) is 53.7 Å². The molecule has 3 aliphatic rings. The van der Waals surface area contributed by atoms with E-state index in [1.807, 2.05) is 39.0 Å². The molecule has 4 heterocycles. The first-order valence-corrected chi connectivity index (χ1v) is 13.9. The molecule has 2 amide bonds. The fourth-order valence-electron chi connectivity index (χ4n) is 6.13. The van der Waals surface area contributed by atoms with Crippen molar-refractivity contribution in [3.63, 3.8) is 0 Å². The van der Waals surface area contributed by atoms with E-state index in [9.17, 15) is 9.59 Å². The maximum absolute atomic E-state index is 12.9. The summed E-state index contributed by atoms with van der Waals surface area (Å²) in [5, 5.41) is 4.10. The molecular formula is C28H31ClN4O3S. The molecule has 3 aromatic rings. The lowest BCUT2D eigenvalue weighted by molar-refractivity contribution is -0.143. The average molecular weight is 539 g/mol. The summed E-state index contributed by atoms with van der Waals surface area (Å²) in [6.07, 6.45) is 2.52. The van der Waals surface area contributed by atoms with Crippen molar-refractivity contribution in [2.75, 3.05) is 13.1 Å².